The summed E-state index contributed by atoms with van der Waals surface area (Å²) >= 11 is 0. The predicted octanol–water partition coefficient (Wildman–Crippen LogP) is 2.00. The number of ether oxygens (including phenoxy) is 3. The Morgan fingerprint density at radius 3 is 2.24 bits per heavy atom. The lowest BCUT2D eigenvalue weighted by atomic mass is 10.0. The minimum atomic E-state index is 0.196. The summed E-state index contributed by atoms with van der Waals surface area (Å²) in [7, 11) is 6.73. The second-order valence-corrected chi connectivity index (χ2v) is 5.04. The third-order valence-corrected chi connectivity index (χ3v) is 3.55. The first-order chi connectivity index (χ1) is 10.1. The van der Waals surface area contributed by atoms with E-state index in [0.29, 0.717) is 30.2 Å². The molecule has 1 aliphatic rings. The number of carbonyl (C=O) groups excluding carboxylic acids is 1. The van der Waals surface area contributed by atoms with Crippen molar-refractivity contribution < 1.29 is 19.0 Å². The molecule has 0 saturated carbocycles. The first-order valence-corrected chi connectivity index (χ1v) is 6.81. The van der Waals surface area contributed by atoms with E-state index < -0.39 is 0 Å². The van der Waals surface area contributed by atoms with Crippen LogP contribution in [0.15, 0.2) is 17.7 Å². The molecule has 1 heterocycles. The SMILES string of the molecule is COc1cc(/C=C2\CN(C)CCC2=O)cc(OC)c1OC. The lowest BCUT2D eigenvalue weighted by molar-refractivity contribution is -0.117. The molecule has 5 nitrogen and oxygen atoms in total. The maximum Gasteiger partial charge on any atom is 0.203 e. The number of piperidine rings is 1. The van der Waals surface area contributed by atoms with Crippen molar-refractivity contribution in [2.45, 2.75) is 6.42 Å². The van der Waals surface area contributed by atoms with Crippen molar-refractivity contribution in [2.75, 3.05) is 41.5 Å². The monoisotopic (exact) mass is 291 g/mol. The van der Waals surface area contributed by atoms with Crippen molar-refractivity contribution in [1.29, 1.82) is 0 Å². The van der Waals surface area contributed by atoms with E-state index in [2.05, 4.69) is 4.90 Å². The second kappa shape index (κ2) is 6.63. The van der Waals surface area contributed by atoms with Crippen molar-refractivity contribution in [3.05, 3.63) is 23.3 Å². The number of likely N-dealkylation sites (N-methyl/N-ethyl adjacent to an activating group) is 1. The Labute approximate surface area is 125 Å². The number of methoxy groups -OCH3 is 3. The van der Waals surface area contributed by atoms with E-state index in [1.165, 1.54) is 0 Å². The van der Waals surface area contributed by atoms with Crippen LogP contribution >= 0.6 is 0 Å². The fourth-order valence-corrected chi connectivity index (χ4v) is 2.42. The molecular formula is C16H21NO4. The van der Waals surface area contributed by atoms with Crippen LogP contribution in [0.1, 0.15) is 12.0 Å². The van der Waals surface area contributed by atoms with Gasteiger partial charge in [-0.1, -0.05) is 0 Å². The van der Waals surface area contributed by atoms with Gasteiger partial charge in [-0.2, -0.15) is 0 Å². The molecule has 0 aromatic heterocycles. The zero-order valence-electron chi connectivity index (χ0n) is 12.9. The molecule has 0 atom stereocenters. The molecular weight excluding hydrogens is 270 g/mol. The summed E-state index contributed by atoms with van der Waals surface area (Å²) in [6.07, 6.45) is 2.45. The average Bonchev–Trinajstić information content (AvgIpc) is 2.49. The summed E-state index contributed by atoms with van der Waals surface area (Å²) in [4.78, 5) is 14.1. The largest absolute Gasteiger partial charge is 0.493 e. The van der Waals surface area contributed by atoms with E-state index in [1.54, 1.807) is 21.3 Å². The Morgan fingerprint density at radius 1 is 1.10 bits per heavy atom. The van der Waals surface area contributed by atoms with E-state index in [9.17, 15) is 4.79 Å². The molecule has 0 radical (unpaired) electrons. The average molecular weight is 291 g/mol. The molecule has 5 heteroatoms. The molecule has 1 aromatic carbocycles. The maximum absolute atomic E-state index is 12.0. The fraction of sp³-hybridized carbons (Fsp3) is 0.438. The highest BCUT2D eigenvalue weighted by Gasteiger charge is 2.19. The molecule has 0 bridgehead atoms. The van der Waals surface area contributed by atoms with Crippen LogP contribution in [-0.4, -0.2) is 52.1 Å². The lowest BCUT2D eigenvalue weighted by Gasteiger charge is -2.23. The van der Waals surface area contributed by atoms with Crippen LogP contribution in [0.5, 0.6) is 17.2 Å². The Bertz CT molecular complexity index is 540. The minimum Gasteiger partial charge on any atom is -0.493 e. The van der Waals surface area contributed by atoms with Gasteiger partial charge in [-0.3, -0.25) is 4.79 Å². The minimum absolute atomic E-state index is 0.196. The molecule has 2 rings (SSSR count). The highest BCUT2D eigenvalue weighted by atomic mass is 16.5. The number of Topliss-reactive ketones (excluding diaryl/α,β-unsaturated/α-hetero) is 1. The van der Waals surface area contributed by atoms with Gasteiger partial charge in [0.15, 0.2) is 17.3 Å². The number of hydrogen-bond donors (Lipinski definition) is 0. The molecule has 1 saturated heterocycles. The Balaban J connectivity index is 2.42. The molecule has 0 N–H and O–H groups in total. The van der Waals surface area contributed by atoms with Crippen molar-refractivity contribution in [3.63, 3.8) is 0 Å². The standard InChI is InChI=1S/C16H21NO4/c1-17-6-5-13(18)12(10-17)7-11-8-14(19-2)16(21-4)15(9-11)20-3/h7-9H,5-6,10H2,1-4H3/b12-7+. The number of benzene rings is 1. The van der Waals surface area contributed by atoms with Crippen LogP contribution in [-0.2, 0) is 4.79 Å². The number of nitrogens with zero attached hydrogens (tertiary/aromatic N) is 1. The second-order valence-electron chi connectivity index (χ2n) is 5.04. The fourth-order valence-electron chi connectivity index (χ4n) is 2.42. The van der Waals surface area contributed by atoms with E-state index in [4.69, 9.17) is 14.2 Å². The molecule has 1 aromatic rings. The van der Waals surface area contributed by atoms with E-state index in [1.807, 2.05) is 25.3 Å². The molecule has 1 fully saturated rings. The molecule has 1 aliphatic heterocycles. The van der Waals surface area contributed by atoms with Crippen LogP contribution in [0.4, 0.5) is 0 Å². The molecule has 114 valence electrons. The van der Waals surface area contributed by atoms with E-state index in [0.717, 1.165) is 17.7 Å². The quantitative estimate of drug-likeness (QED) is 0.794. The summed E-state index contributed by atoms with van der Waals surface area (Å²) in [6.45, 7) is 1.47. The zero-order chi connectivity index (χ0) is 15.4. The summed E-state index contributed by atoms with van der Waals surface area (Å²) in [5.41, 5.74) is 1.67. The van der Waals surface area contributed by atoms with Crippen LogP contribution in [0, 0.1) is 0 Å². The van der Waals surface area contributed by atoms with Gasteiger partial charge in [0.25, 0.3) is 0 Å². The van der Waals surface area contributed by atoms with E-state index >= 15 is 0 Å². The van der Waals surface area contributed by atoms with Crippen molar-refractivity contribution in [2.24, 2.45) is 0 Å². The number of hydrogen-bond acceptors (Lipinski definition) is 5. The summed E-state index contributed by atoms with van der Waals surface area (Å²) in [6, 6.07) is 3.69. The van der Waals surface area contributed by atoms with Gasteiger partial charge in [0.05, 0.1) is 21.3 Å². The first-order valence-electron chi connectivity index (χ1n) is 6.81. The first kappa shape index (κ1) is 15.4. The Hall–Kier alpha value is -2.01. The molecule has 0 spiro atoms. The molecule has 0 unspecified atom stereocenters. The van der Waals surface area contributed by atoms with Crippen LogP contribution < -0.4 is 14.2 Å². The van der Waals surface area contributed by atoms with Crippen molar-refractivity contribution in [3.8, 4) is 17.2 Å². The smallest absolute Gasteiger partial charge is 0.203 e. The van der Waals surface area contributed by atoms with Crippen LogP contribution in [0.25, 0.3) is 6.08 Å². The highest BCUT2D eigenvalue weighted by Crippen LogP contribution is 2.38. The normalized spacial score (nSPS) is 17.9. The van der Waals surface area contributed by atoms with E-state index in [-0.39, 0.29) is 5.78 Å². The van der Waals surface area contributed by atoms with Gasteiger partial charge < -0.3 is 19.1 Å². The van der Waals surface area contributed by atoms with Gasteiger partial charge in [0, 0.05) is 25.1 Å². The van der Waals surface area contributed by atoms with Crippen molar-refractivity contribution >= 4 is 11.9 Å². The van der Waals surface area contributed by atoms with Crippen LogP contribution in [0.3, 0.4) is 0 Å². The summed E-state index contributed by atoms with van der Waals surface area (Å²) in [5, 5.41) is 0. The van der Waals surface area contributed by atoms with Gasteiger partial charge in [-0.05, 0) is 30.8 Å². The number of ketones is 1. The third-order valence-electron chi connectivity index (χ3n) is 3.55. The summed E-state index contributed by atoms with van der Waals surface area (Å²) < 4.78 is 15.9. The maximum atomic E-state index is 12.0. The zero-order valence-corrected chi connectivity index (χ0v) is 12.9. The number of rotatable bonds is 4. The number of likely N-dealkylation sites (tertiary alicyclic amines) is 1. The van der Waals surface area contributed by atoms with Crippen LogP contribution in [0.2, 0.25) is 0 Å². The topological polar surface area (TPSA) is 48.0 Å². The molecule has 0 amide bonds. The van der Waals surface area contributed by atoms with Gasteiger partial charge in [-0.25, -0.2) is 0 Å². The van der Waals surface area contributed by atoms with Crippen molar-refractivity contribution in [1.82, 2.24) is 4.90 Å². The molecule has 21 heavy (non-hydrogen) atoms. The predicted molar refractivity (Wildman–Crippen MR) is 81.2 cm³/mol. The van der Waals surface area contributed by atoms with Gasteiger partial charge >= 0.3 is 0 Å². The van der Waals surface area contributed by atoms with Gasteiger partial charge in [0.2, 0.25) is 5.75 Å². The highest BCUT2D eigenvalue weighted by molar-refractivity contribution is 6.00. The Kier molecular flexibility index (Phi) is 4.85. The van der Waals surface area contributed by atoms with Gasteiger partial charge in [0.1, 0.15) is 0 Å². The third kappa shape index (κ3) is 3.36. The Morgan fingerprint density at radius 2 is 1.71 bits per heavy atom. The van der Waals surface area contributed by atoms with Gasteiger partial charge in [-0.15, -0.1) is 0 Å². The summed E-state index contributed by atoms with van der Waals surface area (Å²) in [5.74, 6) is 1.91. The lowest BCUT2D eigenvalue weighted by Crippen LogP contribution is -2.32. The molecule has 0 aliphatic carbocycles. The number of carbonyl (C=O) groups is 1.